The highest BCUT2D eigenvalue weighted by Crippen LogP contribution is 2.41. The number of hydrogen-bond donors (Lipinski definition) is 1. The first-order valence-corrected chi connectivity index (χ1v) is 7.97. The van der Waals surface area contributed by atoms with Crippen molar-refractivity contribution in [2.75, 3.05) is 34.3 Å². The van der Waals surface area contributed by atoms with Gasteiger partial charge in [-0.3, -0.25) is 9.69 Å². The number of nitrogens with zero attached hydrogens (tertiary/aromatic N) is 2. The molecule has 1 aromatic rings. The van der Waals surface area contributed by atoms with E-state index in [0.717, 1.165) is 24.8 Å². The van der Waals surface area contributed by atoms with Gasteiger partial charge in [-0.15, -0.1) is 0 Å². The molecule has 0 aliphatic heterocycles. The molecule has 1 N–H and O–H groups in total. The smallest absolute Gasteiger partial charge is 0.244 e. The summed E-state index contributed by atoms with van der Waals surface area (Å²) in [7, 11) is 5.71. The number of aryl methyl sites for hydroxylation is 1. The van der Waals surface area contributed by atoms with Gasteiger partial charge in [-0.25, -0.2) is 0 Å². The van der Waals surface area contributed by atoms with E-state index < -0.39 is 0 Å². The summed E-state index contributed by atoms with van der Waals surface area (Å²) < 4.78 is 0. The Labute approximate surface area is 133 Å². The maximum atomic E-state index is 12.9. The number of benzene rings is 1. The lowest BCUT2D eigenvalue weighted by atomic mass is 9.69. The molecule has 0 heterocycles. The molecule has 1 fully saturated rings. The van der Waals surface area contributed by atoms with Gasteiger partial charge in [-0.1, -0.05) is 36.2 Å². The Morgan fingerprint density at radius 3 is 2.23 bits per heavy atom. The summed E-state index contributed by atoms with van der Waals surface area (Å²) in [6, 6.07) is 7.86. The number of carbonyl (C=O) groups is 1. The molecule has 1 aliphatic rings. The van der Waals surface area contributed by atoms with Gasteiger partial charge in [0.05, 0.1) is 6.61 Å². The summed E-state index contributed by atoms with van der Waals surface area (Å²) in [5, 5.41) is 9.61. The molecule has 1 aromatic carbocycles. The summed E-state index contributed by atoms with van der Waals surface area (Å²) in [4.78, 5) is 16.7. The van der Waals surface area contributed by atoms with Crippen LogP contribution in [0.2, 0.25) is 0 Å². The molecule has 4 heteroatoms. The zero-order chi connectivity index (χ0) is 16.3. The van der Waals surface area contributed by atoms with Gasteiger partial charge in [0.15, 0.2) is 0 Å². The molecule has 4 nitrogen and oxygen atoms in total. The zero-order valence-corrected chi connectivity index (χ0v) is 14.2. The minimum absolute atomic E-state index is 0.0749. The summed E-state index contributed by atoms with van der Waals surface area (Å²) in [5.74, 6) is 0.0913. The van der Waals surface area contributed by atoms with Crippen LogP contribution in [0.3, 0.4) is 0 Å². The van der Waals surface area contributed by atoms with E-state index in [1.807, 2.05) is 57.2 Å². The zero-order valence-electron chi connectivity index (χ0n) is 14.2. The third-order valence-electron chi connectivity index (χ3n) is 4.84. The number of carbonyl (C=O) groups excluding carboxylic acids is 1. The van der Waals surface area contributed by atoms with E-state index in [9.17, 15) is 9.90 Å². The summed E-state index contributed by atoms with van der Waals surface area (Å²) in [6.45, 7) is 2.85. The monoisotopic (exact) mass is 304 g/mol. The van der Waals surface area contributed by atoms with E-state index in [1.165, 1.54) is 5.56 Å². The van der Waals surface area contributed by atoms with Crippen LogP contribution in [0.25, 0.3) is 0 Å². The maximum Gasteiger partial charge on any atom is 0.244 e. The second kappa shape index (κ2) is 6.80. The fourth-order valence-electron chi connectivity index (χ4n) is 3.24. The number of amides is 1. The summed E-state index contributed by atoms with van der Waals surface area (Å²) in [6.07, 6.45) is 3.17. The molecule has 122 valence electrons. The standard InChI is InChI=1S/C18H28N2O2/c1-14-6-8-15(9-7-14)16(19(2)3)17(22)20(4)12-18(13-21)10-5-11-18/h6-9,16,21H,5,10-13H2,1-4H3/t16-/m0/s1. The third-order valence-corrected chi connectivity index (χ3v) is 4.84. The first-order valence-electron chi connectivity index (χ1n) is 7.97. The Hall–Kier alpha value is -1.39. The number of aliphatic hydroxyl groups is 1. The molecule has 0 unspecified atom stereocenters. The van der Waals surface area contributed by atoms with E-state index in [2.05, 4.69) is 0 Å². The Kier molecular flexibility index (Phi) is 5.24. The fraction of sp³-hybridized carbons (Fsp3) is 0.611. The van der Waals surface area contributed by atoms with Gasteiger partial charge in [-0.05, 0) is 39.4 Å². The Morgan fingerprint density at radius 1 is 1.23 bits per heavy atom. The van der Waals surface area contributed by atoms with Crippen molar-refractivity contribution in [1.29, 1.82) is 0 Å². The van der Waals surface area contributed by atoms with Crippen LogP contribution in [-0.4, -0.2) is 55.1 Å². The SMILES string of the molecule is Cc1ccc([C@@H](C(=O)N(C)CC2(CO)CCC2)N(C)C)cc1. The predicted molar refractivity (Wildman–Crippen MR) is 88.6 cm³/mol. The van der Waals surface area contributed by atoms with Crippen LogP contribution in [0, 0.1) is 12.3 Å². The minimum Gasteiger partial charge on any atom is -0.396 e. The minimum atomic E-state index is -0.276. The van der Waals surface area contributed by atoms with Crippen LogP contribution in [-0.2, 0) is 4.79 Å². The number of hydrogen-bond acceptors (Lipinski definition) is 3. The highest BCUT2D eigenvalue weighted by atomic mass is 16.3. The molecule has 0 aromatic heterocycles. The lowest BCUT2D eigenvalue weighted by Gasteiger charge is -2.43. The van der Waals surface area contributed by atoms with Gasteiger partial charge in [0.1, 0.15) is 6.04 Å². The average molecular weight is 304 g/mol. The molecular weight excluding hydrogens is 276 g/mol. The van der Waals surface area contributed by atoms with Gasteiger partial charge >= 0.3 is 0 Å². The van der Waals surface area contributed by atoms with Crippen LogP contribution in [0.4, 0.5) is 0 Å². The number of rotatable bonds is 6. The molecule has 1 saturated carbocycles. The van der Waals surface area contributed by atoms with Gasteiger partial charge in [0, 0.05) is 19.0 Å². The topological polar surface area (TPSA) is 43.8 Å². The quantitative estimate of drug-likeness (QED) is 0.876. The first kappa shape index (κ1) is 17.0. The Bertz CT molecular complexity index is 501. The van der Waals surface area contributed by atoms with Crippen LogP contribution in [0.15, 0.2) is 24.3 Å². The predicted octanol–water partition coefficient (Wildman–Crippen LogP) is 2.22. The van der Waals surface area contributed by atoms with Crippen molar-refractivity contribution in [3.8, 4) is 0 Å². The average Bonchev–Trinajstić information content (AvgIpc) is 2.44. The van der Waals surface area contributed by atoms with Gasteiger partial charge < -0.3 is 10.0 Å². The second-order valence-corrected chi connectivity index (χ2v) is 6.98. The normalized spacial score (nSPS) is 17.9. The molecule has 2 rings (SSSR count). The summed E-state index contributed by atoms with van der Waals surface area (Å²) in [5.41, 5.74) is 2.13. The highest BCUT2D eigenvalue weighted by Gasteiger charge is 2.39. The molecule has 22 heavy (non-hydrogen) atoms. The lowest BCUT2D eigenvalue weighted by molar-refractivity contribution is -0.138. The first-order chi connectivity index (χ1) is 10.4. The van der Waals surface area contributed by atoms with Crippen molar-refractivity contribution in [3.05, 3.63) is 35.4 Å². The summed E-state index contributed by atoms with van der Waals surface area (Å²) >= 11 is 0. The van der Waals surface area contributed by atoms with Crippen LogP contribution < -0.4 is 0 Å². The van der Waals surface area contributed by atoms with Crippen molar-refractivity contribution in [1.82, 2.24) is 9.80 Å². The fourth-order valence-corrected chi connectivity index (χ4v) is 3.24. The Morgan fingerprint density at radius 2 is 1.82 bits per heavy atom. The molecule has 1 amide bonds. The molecule has 0 radical (unpaired) electrons. The van der Waals surface area contributed by atoms with E-state index in [1.54, 1.807) is 4.90 Å². The van der Waals surface area contributed by atoms with Crippen molar-refractivity contribution < 1.29 is 9.90 Å². The molecule has 1 aliphatic carbocycles. The third kappa shape index (κ3) is 3.50. The van der Waals surface area contributed by atoms with Crippen LogP contribution in [0.5, 0.6) is 0 Å². The molecular formula is C18H28N2O2. The largest absolute Gasteiger partial charge is 0.396 e. The highest BCUT2D eigenvalue weighted by molar-refractivity contribution is 5.83. The van der Waals surface area contributed by atoms with Crippen molar-refractivity contribution in [2.24, 2.45) is 5.41 Å². The number of aliphatic hydroxyl groups excluding tert-OH is 1. The maximum absolute atomic E-state index is 12.9. The second-order valence-electron chi connectivity index (χ2n) is 6.98. The van der Waals surface area contributed by atoms with E-state index in [0.29, 0.717) is 6.54 Å². The molecule has 0 bridgehead atoms. The van der Waals surface area contributed by atoms with E-state index in [-0.39, 0.29) is 24.0 Å². The molecule has 1 atom stereocenters. The van der Waals surface area contributed by atoms with Crippen molar-refractivity contribution in [3.63, 3.8) is 0 Å². The van der Waals surface area contributed by atoms with E-state index >= 15 is 0 Å². The Balaban J connectivity index is 2.14. The number of likely N-dealkylation sites (N-methyl/N-ethyl adjacent to an activating group) is 2. The van der Waals surface area contributed by atoms with Crippen molar-refractivity contribution in [2.45, 2.75) is 32.2 Å². The van der Waals surface area contributed by atoms with E-state index in [4.69, 9.17) is 0 Å². The van der Waals surface area contributed by atoms with Gasteiger partial charge in [0.25, 0.3) is 0 Å². The van der Waals surface area contributed by atoms with Crippen molar-refractivity contribution >= 4 is 5.91 Å². The molecule has 0 spiro atoms. The molecule has 0 saturated heterocycles. The van der Waals surface area contributed by atoms with Gasteiger partial charge in [-0.2, -0.15) is 0 Å². The van der Waals surface area contributed by atoms with Crippen LogP contribution >= 0.6 is 0 Å². The lowest BCUT2D eigenvalue weighted by Crippen LogP contribution is -2.48. The van der Waals surface area contributed by atoms with Crippen LogP contribution in [0.1, 0.15) is 36.4 Å². The van der Waals surface area contributed by atoms with Gasteiger partial charge in [0.2, 0.25) is 5.91 Å².